The fraction of sp³-hybridized carbons (Fsp3) is 0.538. The summed E-state index contributed by atoms with van der Waals surface area (Å²) >= 11 is 3.25. The highest BCUT2D eigenvalue weighted by molar-refractivity contribution is 9.10. The second kappa shape index (κ2) is 6.32. The van der Waals surface area contributed by atoms with E-state index in [0.29, 0.717) is 11.0 Å². The van der Waals surface area contributed by atoms with Crippen LogP contribution in [0.1, 0.15) is 11.1 Å². The smallest absolute Gasteiger partial charge is 0.416 e. The van der Waals surface area contributed by atoms with Crippen LogP contribution in [-0.4, -0.2) is 38.2 Å². The fourth-order valence-corrected chi connectivity index (χ4v) is 2.81. The highest BCUT2D eigenvalue weighted by atomic mass is 79.9. The lowest BCUT2D eigenvalue weighted by atomic mass is 10.1. The van der Waals surface area contributed by atoms with Gasteiger partial charge in [-0.05, 0) is 33.6 Å². The van der Waals surface area contributed by atoms with Gasteiger partial charge < -0.3 is 10.1 Å². The zero-order chi connectivity index (χ0) is 14.8. The maximum absolute atomic E-state index is 13.1. The van der Waals surface area contributed by atoms with Crippen LogP contribution >= 0.6 is 15.9 Å². The molecule has 20 heavy (non-hydrogen) atoms. The largest absolute Gasteiger partial charge is 0.496 e. The maximum atomic E-state index is 13.1. The zero-order valence-corrected chi connectivity index (χ0v) is 12.6. The molecule has 1 heterocycles. The number of piperazine rings is 1. The summed E-state index contributed by atoms with van der Waals surface area (Å²) in [6, 6.07) is 2.56. The maximum Gasteiger partial charge on any atom is 0.416 e. The Morgan fingerprint density at radius 3 is 2.50 bits per heavy atom. The van der Waals surface area contributed by atoms with Crippen molar-refractivity contribution in [1.82, 2.24) is 10.2 Å². The molecule has 0 amide bonds. The van der Waals surface area contributed by atoms with Crippen LogP contribution in [0.25, 0.3) is 0 Å². The first-order valence-corrected chi connectivity index (χ1v) is 7.08. The number of ether oxygens (including phenoxy) is 1. The lowest BCUT2D eigenvalue weighted by molar-refractivity contribution is -0.138. The van der Waals surface area contributed by atoms with Crippen molar-refractivity contribution < 1.29 is 17.9 Å². The summed E-state index contributed by atoms with van der Waals surface area (Å²) in [6.07, 6.45) is -4.38. The van der Waals surface area contributed by atoms with Gasteiger partial charge in [0.25, 0.3) is 0 Å². The number of halogens is 4. The number of nitrogens with one attached hydrogen (secondary N) is 1. The molecular weight excluding hydrogens is 337 g/mol. The summed E-state index contributed by atoms with van der Waals surface area (Å²) in [5, 5.41) is 3.18. The first-order valence-electron chi connectivity index (χ1n) is 6.28. The Labute approximate surface area is 124 Å². The molecule has 0 spiro atoms. The van der Waals surface area contributed by atoms with Crippen molar-refractivity contribution in [2.75, 3.05) is 33.3 Å². The van der Waals surface area contributed by atoms with Gasteiger partial charge in [0, 0.05) is 32.7 Å². The third-order valence-electron chi connectivity index (χ3n) is 3.29. The van der Waals surface area contributed by atoms with Crippen molar-refractivity contribution in [2.24, 2.45) is 0 Å². The van der Waals surface area contributed by atoms with Gasteiger partial charge in [-0.1, -0.05) is 0 Å². The number of benzene rings is 1. The molecule has 1 aliphatic heterocycles. The van der Waals surface area contributed by atoms with E-state index in [4.69, 9.17) is 4.74 Å². The molecule has 1 aromatic rings. The second-order valence-electron chi connectivity index (χ2n) is 4.67. The van der Waals surface area contributed by atoms with Gasteiger partial charge in [-0.25, -0.2) is 0 Å². The Balaban J connectivity index is 2.32. The molecule has 3 nitrogen and oxygen atoms in total. The molecule has 112 valence electrons. The first kappa shape index (κ1) is 15.6. The van der Waals surface area contributed by atoms with Crippen LogP contribution in [0.5, 0.6) is 5.75 Å². The molecule has 0 atom stereocenters. The molecule has 2 rings (SSSR count). The molecule has 1 saturated heterocycles. The number of nitrogens with zero attached hydrogens (tertiary/aromatic N) is 1. The predicted octanol–water partition coefficient (Wildman–Crippen LogP) is 2.88. The molecule has 0 radical (unpaired) electrons. The van der Waals surface area contributed by atoms with Gasteiger partial charge in [-0.2, -0.15) is 13.2 Å². The van der Waals surface area contributed by atoms with Gasteiger partial charge >= 0.3 is 6.18 Å². The Bertz CT molecular complexity index is 473. The molecule has 0 unspecified atom stereocenters. The first-order chi connectivity index (χ1) is 9.41. The van der Waals surface area contributed by atoms with E-state index in [9.17, 15) is 13.2 Å². The highest BCUT2D eigenvalue weighted by Crippen LogP contribution is 2.38. The Morgan fingerprint density at radius 2 is 1.95 bits per heavy atom. The highest BCUT2D eigenvalue weighted by Gasteiger charge is 2.34. The van der Waals surface area contributed by atoms with Gasteiger partial charge in [-0.15, -0.1) is 0 Å². The third-order valence-corrected chi connectivity index (χ3v) is 3.91. The number of hydrogen-bond donors (Lipinski definition) is 1. The monoisotopic (exact) mass is 352 g/mol. The molecule has 1 N–H and O–H groups in total. The van der Waals surface area contributed by atoms with Crippen LogP contribution in [-0.2, 0) is 12.7 Å². The minimum atomic E-state index is -4.38. The second-order valence-corrected chi connectivity index (χ2v) is 5.52. The van der Waals surface area contributed by atoms with Crippen LogP contribution in [0.2, 0.25) is 0 Å². The molecule has 0 saturated carbocycles. The summed E-state index contributed by atoms with van der Waals surface area (Å²) in [7, 11) is 1.36. The molecule has 1 aliphatic rings. The zero-order valence-electron chi connectivity index (χ0n) is 11.1. The molecule has 7 heteroatoms. The van der Waals surface area contributed by atoms with Crippen molar-refractivity contribution >= 4 is 15.9 Å². The SMILES string of the molecule is COc1cc(C(F)(F)F)c(CN2CCNCC2)cc1Br. The normalized spacial score (nSPS) is 17.2. The summed E-state index contributed by atoms with van der Waals surface area (Å²) in [5.41, 5.74) is -0.358. The van der Waals surface area contributed by atoms with E-state index in [2.05, 4.69) is 21.2 Å². The lowest BCUT2D eigenvalue weighted by Crippen LogP contribution is -2.43. The summed E-state index contributed by atoms with van der Waals surface area (Å²) in [6.45, 7) is 3.40. The van der Waals surface area contributed by atoms with E-state index >= 15 is 0 Å². The minimum Gasteiger partial charge on any atom is -0.496 e. The van der Waals surface area contributed by atoms with Gasteiger partial charge in [0.05, 0.1) is 17.1 Å². The topological polar surface area (TPSA) is 24.5 Å². The number of rotatable bonds is 3. The molecule has 0 bridgehead atoms. The fourth-order valence-electron chi connectivity index (χ4n) is 2.26. The van der Waals surface area contributed by atoms with Crippen LogP contribution in [0, 0.1) is 0 Å². The quantitative estimate of drug-likeness (QED) is 0.905. The van der Waals surface area contributed by atoms with E-state index in [0.717, 1.165) is 32.2 Å². The van der Waals surface area contributed by atoms with Crippen LogP contribution in [0.3, 0.4) is 0 Å². The Hall–Kier alpha value is -0.790. The predicted molar refractivity (Wildman–Crippen MR) is 73.8 cm³/mol. The number of alkyl halides is 3. The van der Waals surface area contributed by atoms with Crippen molar-refractivity contribution in [3.63, 3.8) is 0 Å². The van der Waals surface area contributed by atoms with Crippen LogP contribution in [0.15, 0.2) is 16.6 Å². The standard InChI is InChI=1S/C13H16BrF3N2O/c1-20-12-7-10(13(15,16)17)9(6-11(12)14)8-19-4-2-18-3-5-19/h6-7,18H,2-5,8H2,1H3. The molecule has 0 aromatic heterocycles. The van der Waals surface area contributed by atoms with Crippen molar-refractivity contribution in [1.29, 1.82) is 0 Å². The Kier molecular flexibility index (Phi) is 4.93. The summed E-state index contributed by atoms with van der Waals surface area (Å²) in [4.78, 5) is 2.01. The van der Waals surface area contributed by atoms with Crippen molar-refractivity contribution in [3.8, 4) is 5.75 Å². The molecular formula is C13H16BrF3N2O. The van der Waals surface area contributed by atoms with Gasteiger partial charge in [-0.3, -0.25) is 4.90 Å². The van der Waals surface area contributed by atoms with Crippen molar-refractivity contribution in [3.05, 3.63) is 27.7 Å². The average molecular weight is 353 g/mol. The van der Waals surface area contributed by atoms with E-state index in [-0.39, 0.29) is 11.3 Å². The minimum absolute atomic E-state index is 0.196. The lowest BCUT2D eigenvalue weighted by Gasteiger charge is -2.28. The summed E-state index contributed by atoms with van der Waals surface area (Å²) < 4.78 is 44.9. The van der Waals surface area contributed by atoms with Crippen molar-refractivity contribution in [2.45, 2.75) is 12.7 Å². The number of methoxy groups -OCH3 is 1. The molecule has 0 aliphatic carbocycles. The number of hydrogen-bond acceptors (Lipinski definition) is 3. The van der Waals surface area contributed by atoms with E-state index in [1.165, 1.54) is 13.2 Å². The van der Waals surface area contributed by atoms with Gasteiger partial charge in [0.15, 0.2) is 0 Å². The molecule has 1 fully saturated rings. The van der Waals surface area contributed by atoms with Crippen LogP contribution in [0.4, 0.5) is 13.2 Å². The van der Waals surface area contributed by atoms with Gasteiger partial charge in [0.1, 0.15) is 5.75 Å². The Morgan fingerprint density at radius 1 is 1.30 bits per heavy atom. The van der Waals surface area contributed by atoms with E-state index in [1.807, 2.05) is 4.90 Å². The van der Waals surface area contributed by atoms with Gasteiger partial charge in [0.2, 0.25) is 0 Å². The summed E-state index contributed by atoms with van der Waals surface area (Å²) in [5.74, 6) is 0.196. The molecule has 1 aromatic carbocycles. The van der Waals surface area contributed by atoms with E-state index < -0.39 is 11.7 Å². The average Bonchev–Trinajstić information content (AvgIpc) is 2.38. The van der Waals surface area contributed by atoms with E-state index in [1.54, 1.807) is 0 Å². The van der Waals surface area contributed by atoms with Crippen LogP contribution < -0.4 is 10.1 Å². The third kappa shape index (κ3) is 3.65.